The van der Waals surface area contributed by atoms with Gasteiger partial charge < -0.3 is 16.2 Å². The maximum absolute atomic E-state index is 9.24. The Morgan fingerprint density at radius 2 is 1.82 bits per heavy atom. The topological polar surface area (TPSA) is 70.6 Å². The van der Waals surface area contributed by atoms with Crippen molar-refractivity contribution in [1.82, 2.24) is 5.32 Å². The Balaban J connectivity index is 1.74. The van der Waals surface area contributed by atoms with Crippen molar-refractivity contribution < 1.29 is 5.11 Å². The Bertz CT molecular complexity index is 261. The van der Waals surface area contributed by atoms with Crippen molar-refractivity contribution >= 4 is 5.96 Å². The van der Waals surface area contributed by atoms with Crippen LogP contribution < -0.4 is 11.1 Å². The van der Waals surface area contributed by atoms with E-state index in [1.54, 1.807) is 0 Å². The molecule has 0 aromatic rings. The van der Waals surface area contributed by atoms with Gasteiger partial charge in [-0.2, -0.15) is 0 Å². The van der Waals surface area contributed by atoms with Crippen LogP contribution in [-0.2, 0) is 0 Å². The third-order valence-corrected chi connectivity index (χ3v) is 4.25. The number of guanidine groups is 1. The Labute approximate surface area is 104 Å². The highest BCUT2D eigenvalue weighted by Crippen LogP contribution is 2.31. The maximum Gasteiger partial charge on any atom is 0.188 e. The molecule has 0 saturated heterocycles. The lowest BCUT2D eigenvalue weighted by atomic mass is 9.97. The van der Waals surface area contributed by atoms with Crippen LogP contribution in [0.15, 0.2) is 4.99 Å². The van der Waals surface area contributed by atoms with Crippen LogP contribution in [0.5, 0.6) is 0 Å². The third-order valence-electron chi connectivity index (χ3n) is 4.25. The minimum atomic E-state index is 0.302. The Hall–Kier alpha value is -0.770. The van der Waals surface area contributed by atoms with E-state index in [1.165, 1.54) is 38.5 Å². The second-order valence-electron chi connectivity index (χ2n) is 5.49. The molecule has 2 aliphatic rings. The van der Waals surface area contributed by atoms with Crippen molar-refractivity contribution in [1.29, 1.82) is 0 Å². The Morgan fingerprint density at radius 1 is 1.12 bits per heavy atom. The molecule has 4 N–H and O–H groups in total. The van der Waals surface area contributed by atoms with Crippen LogP contribution in [0.1, 0.15) is 44.9 Å². The predicted octanol–water partition coefficient (Wildman–Crippen LogP) is 1.24. The van der Waals surface area contributed by atoms with Crippen molar-refractivity contribution in [2.45, 2.75) is 51.0 Å². The van der Waals surface area contributed by atoms with Crippen LogP contribution >= 0.6 is 0 Å². The summed E-state index contributed by atoms with van der Waals surface area (Å²) in [4.78, 5) is 4.44. The number of nitrogens with one attached hydrogen (secondary N) is 1. The molecule has 0 radical (unpaired) electrons. The first-order valence-electron chi connectivity index (χ1n) is 6.97. The van der Waals surface area contributed by atoms with Crippen LogP contribution in [0.3, 0.4) is 0 Å². The number of hydrogen-bond donors (Lipinski definition) is 3. The molecule has 17 heavy (non-hydrogen) atoms. The first kappa shape index (κ1) is 12.7. The Kier molecular flexibility index (Phi) is 4.66. The van der Waals surface area contributed by atoms with E-state index in [4.69, 9.17) is 5.73 Å². The molecule has 0 bridgehead atoms. The first-order chi connectivity index (χ1) is 8.29. The van der Waals surface area contributed by atoms with E-state index in [-0.39, 0.29) is 0 Å². The molecule has 0 spiro atoms. The van der Waals surface area contributed by atoms with Gasteiger partial charge in [0.05, 0.1) is 0 Å². The summed E-state index contributed by atoms with van der Waals surface area (Å²) in [6.07, 6.45) is 8.61. The molecule has 2 fully saturated rings. The minimum Gasteiger partial charge on any atom is -0.396 e. The zero-order valence-electron chi connectivity index (χ0n) is 10.6. The van der Waals surface area contributed by atoms with E-state index in [0.29, 0.717) is 30.4 Å². The van der Waals surface area contributed by atoms with Gasteiger partial charge in [-0.3, -0.25) is 4.99 Å². The van der Waals surface area contributed by atoms with Crippen LogP contribution in [0.2, 0.25) is 0 Å². The van der Waals surface area contributed by atoms with Gasteiger partial charge in [0.1, 0.15) is 0 Å². The largest absolute Gasteiger partial charge is 0.396 e. The highest BCUT2D eigenvalue weighted by molar-refractivity contribution is 5.78. The van der Waals surface area contributed by atoms with E-state index in [1.807, 2.05) is 0 Å². The number of aliphatic hydroxyl groups excluding tert-OH is 1. The standard InChI is InChI=1S/C13H25N3O/c14-13(16-12-6-1-2-7-12)15-8-10-4-3-5-11(10)9-17/h10-12,17H,1-9H2,(H3,14,15,16). The number of aliphatic hydroxyl groups is 1. The summed E-state index contributed by atoms with van der Waals surface area (Å²) in [5.74, 6) is 1.57. The summed E-state index contributed by atoms with van der Waals surface area (Å²) >= 11 is 0. The van der Waals surface area contributed by atoms with Gasteiger partial charge in [0.25, 0.3) is 0 Å². The van der Waals surface area contributed by atoms with Crippen LogP contribution in [0.4, 0.5) is 0 Å². The molecule has 98 valence electrons. The molecule has 0 amide bonds. The Morgan fingerprint density at radius 3 is 2.53 bits per heavy atom. The SMILES string of the molecule is NC(=NCC1CCCC1CO)NC1CCCC1. The highest BCUT2D eigenvalue weighted by atomic mass is 16.3. The fraction of sp³-hybridized carbons (Fsp3) is 0.923. The van der Waals surface area contributed by atoms with Crippen LogP contribution in [0.25, 0.3) is 0 Å². The molecule has 4 nitrogen and oxygen atoms in total. The van der Waals surface area contributed by atoms with Gasteiger partial charge in [0.15, 0.2) is 5.96 Å². The van der Waals surface area contributed by atoms with Gasteiger partial charge in [-0.15, -0.1) is 0 Å². The van der Waals surface area contributed by atoms with E-state index in [0.717, 1.165) is 13.0 Å². The summed E-state index contributed by atoms with van der Waals surface area (Å²) in [5, 5.41) is 12.5. The summed E-state index contributed by atoms with van der Waals surface area (Å²) in [7, 11) is 0. The van der Waals surface area contributed by atoms with Gasteiger partial charge in [-0.1, -0.05) is 19.3 Å². The fourth-order valence-electron chi connectivity index (χ4n) is 3.13. The maximum atomic E-state index is 9.24. The number of nitrogens with two attached hydrogens (primary N) is 1. The van der Waals surface area contributed by atoms with E-state index in [2.05, 4.69) is 10.3 Å². The summed E-state index contributed by atoms with van der Waals surface area (Å²) in [5.41, 5.74) is 5.89. The molecule has 2 saturated carbocycles. The predicted molar refractivity (Wildman–Crippen MR) is 69.8 cm³/mol. The lowest BCUT2D eigenvalue weighted by Crippen LogP contribution is -2.39. The van der Waals surface area contributed by atoms with Crippen LogP contribution in [0, 0.1) is 11.8 Å². The molecular formula is C13H25N3O. The van der Waals surface area contributed by atoms with E-state index >= 15 is 0 Å². The molecule has 2 aliphatic carbocycles. The highest BCUT2D eigenvalue weighted by Gasteiger charge is 2.26. The molecule has 2 unspecified atom stereocenters. The van der Waals surface area contributed by atoms with Crippen molar-refractivity contribution in [3.63, 3.8) is 0 Å². The normalized spacial score (nSPS) is 31.0. The van der Waals surface area contributed by atoms with Gasteiger partial charge in [0, 0.05) is 19.2 Å². The van der Waals surface area contributed by atoms with Crippen molar-refractivity contribution in [2.24, 2.45) is 22.6 Å². The van der Waals surface area contributed by atoms with Crippen LogP contribution in [-0.4, -0.2) is 30.3 Å². The number of hydrogen-bond acceptors (Lipinski definition) is 2. The van der Waals surface area contributed by atoms with Crippen molar-refractivity contribution in [2.75, 3.05) is 13.2 Å². The molecular weight excluding hydrogens is 214 g/mol. The third kappa shape index (κ3) is 3.60. The fourth-order valence-corrected chi connectivity index (χ4v) is 3.13. The lowest BCUT2D eigenvalue weighted by Gasteiger charge is -2.16. The number of aliphatic imine (C=N–C) groups is 1. The lowest BCUT2D eigenvalue weighted by molar-refractivity contribution is 0.197. The zero-order valence-corrected chi connectivity index (χ0v) is 10.6. The van der Waals surface area contributed by atoms with Gasteiger partial charge in [-0.25, -0.2) is 0 Å². The molecule has 0 aliphatic heterocycles. The van der Waals surface area contributed by atoms with Gasteiger partial charge >= 0.3 is 0 Å². The summed E-state index contributed by atoms with van der Waals surface area (Å²) in [6, 6.07) is 0.538. The second kappa shape index (κ2) is 6.24. The summed E-state index contributed by atoms with van der Waals surface area (Å²) in [6.45, 7) is 1.08. The van der Waals surface area contributed by atoms with Crippen molar-refractivity contribution in [3.05, 3.63) is 0 Å². The number of nitrogens with zero attached hydrogens (tertiary/aromatic N) is 1. The molecule has 4 heteroatoms. The quantitative estimate of drug-likeness (QED) is 0.510. The van der Waals surface area contributed by atoms with Crippen molar-refractivity contribution in [3.8, 4) is 0 Å². The minimum absolute atomic E-state index is 0.302. The van der Waals surface area contributed by atoms with E-state index in [9.17, 15) is 5.11 Å². The monoisotopic (exact) mass is 239 g/mol. The molecule has 0 aromatic heterocycles. The zero-order chi connectivity index (χ0) is 12.1. The molecule has 0 aromatic carbocycles. The molecule has 2 rings (SSSR count). The van der Waals surface area contributed by atoms with Gasteiger partial charge in [-0.05, 0) is 37.5 Å². The average molecular weight is 239 g/mol. The smallest absolute Gasteiger partial charge is 0.188 e. The second-order valence-corrected chi connectivity index (χ2v) is 5.49. The average Bonchev–Trinajstić information content (AvgIpc) is 2.96. The van der Waals surface area contributed by atoms with Gasteiger partial charge in [0.2, 0.25) is 0 Å². The first-order valence-corrected chi connectivity index (χ1v) is 6.97. The molecule has 0 heterocycles. The number of rotatable bonds is 4. The summed E-state index contributed by atoms with van der Waals surface area (Å²) < 4.78 is 0. The molecule has 2 atom stereocenters. The van der Waals surface area contributed by atoms with E-state index < -0.39 is 0 Å².